The van der Waals surface area contributed by atoms with Gasteiger partial charge in [0.25, 0.3) is 0 Å². The van der Waals surface area contributed by atoms with Crippen molar-refractivity contribution in [1.82, 2.24) is 4.57 Å². The number of fused-ring (bicyclic) bond motifs is 1. The lowest BCUT2D eigenvalue weighted by molar-refractivity contribution is -0.137. The molecule has 0 saturated heterocycles. The summed E-state index contributed by atoms with van der Waals surface area (Å²) in [5.41, 5.74) is 1.67. The molecular formula is C20H18F3NO. The Balaban J connectivity index is 1.95. The van der Waals surface area contributed by atoms with Crippen molar-refractivity contribution < 1.29 is 18.0 Å². The minimum absolute atomic E-state index is 0.0878. The van der Waals surface area contributed by atoms with Crippen LogP contribution in [0.5, 0.6) is 0 Å². The predicted octanol–water partition coefficient (Wildman–Crippen LogP) is 5.69. The first-order valence-electron chi connectivity index (χ1n) is 8.17. The van der Waals surface area contributed by atoms with Crippen molar-refractivity contribution in [2.45, 2.75) is 32.5 Å². The zero-order chi connectivity index (χ0) is 18.0. The number of rotatable bonds is 5. The zero-order valence-electron chi connectivity index (χ0n) is 13.8. The number of alkyl halides is 3. The van der Waals surface area contributed by atoms with E-state index in [1.165, 1.54) is 12.1 Å². The summed E-state index contributed by atoms with van der Waals surface area (Å²) in [6.45, 7) is 2.37. The number of benzene rings is 2. The molecule has 0 N–H and O–H groups in total. The number of carbonyl (C=O) groups is 1. The van der Waals surface area contributed by atoms with E-state index in [2.05, 4.69) is 0 Å². The quantitative estimate of drug-likeness (QED) is 0.544. The highest BCUT2D eigenvalue weighted by Gasteiger charge is 2.29. The van der Waals surface area contributed by atoms with Crippen molar-refractivity contribution in [3.8, 4) is 0 Å². The van der Waals surface area contributed by atoms with E-state index in [-0.39, 0.29) is 5.78 Å². The van der Waals surface area contributed by atoms with Crippen LogP contribution in [-0.2, 0) is 12.7 Å². The Morgan fingerprint density at radius 1 is 1.04 bits per heavy atom. The predicted molar refractivity (Wildman–Crippen MR) is 91.7 cm³/mol. The number of hydrogen-bond acceptors (Lipinski definition) is 1. The molecule has 0 fully saturated rings. The van der Waals surface area contributed by atoms with Gasteiger partial charge in [-0.15, -0.1) is 0 Å². The van der Waals surface area contributed by atoms with Crippen molar-refractivity contribution in [2.24, 2.45) is 0 Å². The lowest BCUT2D eigenvalue weighted by Gasteiger charge is -2.09. The number of halogens is 3. The lowest BCUT2D eigenvalue weighted by Crippen LogP contribution is -2.05. The fraction of sp³-hybridized carbons (Fsp3) is 0.250. The second kappa shape index (κ2) is 6.75. The zero-order valence-corrected chi connectivity index (χ0v) is 13.8. The third-order valence-corrected chi connectivity index (χ3v) is 4.20. The van der Waals surface area contributed by atoms with Gasteiger partial charge in [0.2, 0.25) is 0 Å². The van der Waals surface area contributed by atoms with Gasteiger partial charge in [-0.2, -0.15) is 13.2 Å². The summed E-state index contributed by atoms with van der Waals surface area (Å²) in [7, 11) is 0. The fourth-order valence-corrected chi connectivity index (χ4v) is 2.96. The highest BCUT2D eigenvalue weighted by atomic mass is 19.4. The Morgan fingerprint density at radius 2 is 1.72 bits per heavy atom. The van der Waals surface area contributed by atoms with Crippen molar-refractivity contribution >= 4 is 16.7 Å². The number of ketones is 1. The molecule has 1 aromatic heterocycles. The molecule has 0 amide bonds. The second-order valence-electron chi connectivity index (χ2n) is 6.06. The van der Waals surface area contributed by atoms with Crippen LogP contribution in [0, 0.1) is 0 Å². The maximum absolute atomic E-state index is 12.7. The van der Waals surface area contributed by atoms with E-state index >= 15 is 0 Å². The normalized spacial score (nSPS) is 11.8. The average molecular weight is 345 g/mol. The van der Waals surface area contributed by atoms with Crippen LogP contribution >= 0.6 is 0 Å². The molecule has 3 rings (SSSR count). The molecule has 25 heavy (non-hydrogen) atoms. The van der Waals surface area contributed by atoms with E-state index in [1.807, 2.05) is 35.8 Å². The van der Waals surface area contributed by atoms with Crippen molar-refractivity contribution in [3.05, 3.63) is 71.4 Å². The molecule has 2 aromatic carbocycles. The van der Waals surface area contributed by atoms with E-state index in [0.29, 0.717) is 18.5 Å². The lowest BCUT2D eigenvalue weighted by atomic mass is 10.1. The molecule has 1 heterocycles. The molecule has 130 valence electrons. The first kappa shape index (κ1) is 17.3. The summed E-state index contributed by atoms with van der Waals surface area (Å²) in [4.78, 5) is 12.3. The summed E-state index contributed by atoms with van der Waals surface area (Å²) in [5.74, 6) is 0.0878. The largest absolute Gasteiger partial charge is 0.416 e. The molecule has 0 atom stereocenters. The van der Waals surface area contributed by atoms with Crippen LogP contribution in [0.3, 0.4) is 0 Å². The van der Waals surface area contributed by atoms with Gasteiger partial charge in [-0.05, 0) is 30.2 Å². The van der Waals surface area contributed by atoms with Crippen molar-refractivity contribution in [1.29, 1.82) is 0 Å². The number of carbonyl (C=O) groups excluding carboxylic acids is 1. The molecule has 0 unspecified atom stereocenters. The van der Waals surface area contributed by atoms with Gasteiger partial charge < -0.3 is 4.57 Å². The minimum Gasteiger partial charge on any atom is -0.342 e. The molecule has 0 aliphatic carbocycles. The van der Waals surface area contributed by atoms with Gasteiger partial charge in [0.05, 0.1) is 5.56 Å². The van der Waals surface area contributed by atoms with Gasteiger partial charge in [0, 0.05) is 35.6 Å². The van der Waals surface area contributed by atoms with Crippen molar-refractivity contribution in [3.63, 3.8) is 0 Å². The van der Waals surface area contributed by atoms with Crippen LogP contribution < -0.4 is 0 Å². The van der Waals surface area contributed by atoms with Gasteiger partial charge in [-0.25, -0.2) is 0 Å². The molecule has 0 saturated carbocycles. The van der Waals surface area contributed by atoms with E-state index < -0.39 is 11.7 Å². The number of nitrogens with zero attached hydrogens (tertiary/aromatic N) is 1. The summed E-state index contributed by atoms with van der Waals surface area (Å²) in [6.07, 6.45) is -1.27. The summed E-state index contributed by atoms with van der Waals surface area (Å²) in [5, 5.41) is 0.882. The van der Waals surface area contributed by atoms with Crippen LogP contribution in [-0.4, -0.2) is 10.4 Å². The standard InChI is InChI=1S/C20H18F3NO/c1-2-5-19(25)17-13-24(18-7-4-3-6-16(17)18)12-14-8-10-15(11-9-14)20(21,22)23/h3-4,6-11,13H,2,5,12H2,1H3. The van der Waals surface area contributed by atoms with Gasteiger partial charge in [-0.1, -0.05) is 37.3 Å². The number of hydrogen-bond donors (Lipinski definition) is 0. The third-order valence-electron chi connectivity index (χ3n) is 4.20. The Labute approximate surface area is 143 Å². The Bertz CT molecular complexity index is 891. The SMILES string of the molecule is CCCC(=O)c1cn(Cc2ccc(C(F)(F)F)cc2)c2ccccc12. The van der Waals surface area contributed by atoms with Crippen LogP contribution in [0.4, 0.5) is 13.2 Å². The molecule has 0 bridgehead atoms. The highest BCUT2D eigenvalue weighted by molar-refractivity contribution is 6.08. The summed E-state index contributed by atoms with van der Waals surface area (Å²) >= 11 is 0. The van der Waals surface area contributed by atoms with Crippen LogP contribution in [0.15, 0.2) is 54.7 Å². The average Bonchev–Trinajstić information content (AvgIpc) is 2.94. The first-order chi connectivity index (χ1) is 11.9. The summed E-state index contributed by atoms with van der Waals surface area (Å²) < 4.78 is 39.9. The molecule has 0 spiro atoms. The molecule has 0 radical (unpaired) electrons. The van der Waals surface area contributed by atoms with Crippen LogP contribution in [0.1, 0.15) is 41.3 Å². The maximum Gasteiger partial charge on any atom is 0.416 e. The Hall–Kier alpha value is -2.56. The second-order valence-corrected chi connectivity index (χ2v) is 6.06. The highest BCUT2D eigenvalue weighted by Crippen LogP contribution is 2.29. The first-order valence-corrected chi connectivity index (χ1v) is 8.17. The number of Topliss-reactive ketones (excluding diaryl/α,β-unsaturated/α-hetero) is 1. The smallest absolute Gasteiger partial charge is 0.342 e. The third kappa shape index (κ3) is 3.60. The van der Waals surface area contributed by atoms with E-state index in [4.69, 9.17) is 0 Å². The van der Waals surface area contributed by atoms with E-state index in [0.717, 1.165) is 35.0 Å². The molecule has 2 nitrogen and oxygen atoms in total. The fourth-order valence-electron chi connectivity index (χ4n) is 2.96. The Morgan fingerprint density at radius 3 is 2.36 bits per heavy atom. The Kier molecular flexibility index (Phi) is 4.66. The number of aromatic nitrogens is 1. The topological polar surface area (TPSA) is 22.0 Å². The minimum atomic E-state index is -4.33. The van der Waals surface area contributed by atoms with Gasteiger partial charge in [0.15, 0.2) is 5.78 Å². The van der Waals surface area contributed by atoms with E-state index in [9.17, 15) is 18.0 Å². The van der Waals surface area contributed by atoms with Crippen molar-refractivity contribution in [2.75, 3.05) is 0 Å². The van der Waals surface area contributed by atoms with Gasteiger partial charge >= 0.3 is 6.18 Å². The molecular weight excluding hydrogens is 327 g/mol. The van der Waals surface area contributed by atoms with Crippen LogP contribution in [0.2, 0.25) is 0 Å². The summed E-state index contributed by atoms with van der Waals surface area (Å²) in [6, 6.07) is 12.7. The van der Waals surface area contributed by atoms with E-state index in [1.54, 1.807) is 6.20 Å². The van der Waals surface area contributed by atoms with Crippen LogP contribution in [0.25, 0.3) is 10.9 Å². The molecule has 0 aliphatic rings. The molecule has 0 aliphatic heterocycles. The van der Waals surface area contributed by atoms with Gasteiger partial charge in [-0.3, -0.25) is 4.79 Å². The molecule has 3 aromatic rings. The maximum atomic E-state index is 12.7. The van der Waals surface area contributed by atoms with Gasteiger partial charge in [0.1, 0.15) is 0 Å². The molecule has 5 heteroatoms. The monoisotopic (exact) mass is 345 g/mol. The number of para-hydroxylation sites is 1.